The molecule has 0 saturated carbocycles. The summed E-state index contributed by atoms with van der Waals surface area (Å²) in [5, 5.41) is 10.8. The van der Waals surface area contributed by atoms with Gasteiger partial charge in [-0.25, -0.2) is 9.82 Å². The molecule has 7 nitrogen and oxygen atoms in total. The van der Waals surface area contributed by atoms with Crippen LogP contribution in [0.3, 0.4) is 0 Å². The average Bonchev–Trinajstić information content (AvgIpc) is 3.17. The van der Waals surface area contributed by atoms with E-state index in [1.807, 2.05) is 0 Å². The van der Waals surface area contributed by atoms with E-state index < -0.39 is 11.9 Å². The third-order valence-corrected chi connectivity index (χ3v) is 3.82. The lowest BCUT2D eigenvalue weighted by Crippen LogP contribution is -2.19. The van der Waals surface area contributed by atoms with Gasteiger partial charge < -0.3 is 4.74 Å². The minimum atomic E-state index is -0.461. The standard InChI is InChI=1S/C20H17FN4O3/c1-12(14-5-9-17(10-6-14)28-13(2)26)22-25-20(27)19-11-18(23-24-19)15-3-7-16(21)8-4-15/h3-11H,1-2H3,(H,23,24)(H,25,27). The fraction of sp³-hybridized carbons (Fsp3) is 0.100. The summed E-state index contributed by atoms with van der Waals surface area (Å²) in [5.74, 6) is -0.775. The molecule has 0 aliphatic heterocycles. The fourth-order valence-electron chi connectivity index (χ4n) is 2.40. The maximum atomic E-state index is 13.0. The van der Waals surface area contributed by atoms with E-state index in [-0.39, 0.29) is 11.5 Å². The normalized spacial score (nSPS) is 11.2. The summed E-state index contributed by atoms with van der Waals surface area (Å²) in [4.78, 5) is 23.2. The number of ether oxygens (including phenoxy) is 1. The maximum Gasteiger partial charge on any atom is 0.308 e. The van der Waals surface area contributed by atoms with Gasteiger partial charge in [-0.15, -0.1) is 0 Å². The minimum absolute atomic E-state index is 0.223. The SMILES string of the molecule is CC(=O)Oc1ccc(C(C)=NNC(=O)c2cc(-c3ccc(F)cc3)n[nH]2)cc1. The molecule has 1 amide bonds. The van der Waals surface area contributed by atoms with Gasteiger partial charge in [0.1, 0.15) is 17.3 Å². The molecule has 0 atom stereocenters. The van der Waals surface area contributed by atoms with Gasteiger partial charge in [-0.1, -0.05) is 0 Å². The molecule has 142 valence electrons. The summed E-state index contributed by atoms with van der Waals surface area (Å²) >= 11 is 0. The number of benzene rings is 2. The Kier molecular flexibility index (Phi) is 5.59. The molecule has 0 radical (unpaired) electrons. The Morgan fingerprint density at radius 2 is 1.75 bits per heavy atom. The van der Waals surface area contributed by atoms with Crippen molar-refractivity contribution in [2.45, 2.75) is 13.8 Å². The molecule has 0 bridgehead atoms. The van der Waals surface area contributed by atoms with Crippen LogP contribution in [0.25, 0.3) is 11.3 Å². The van der Waals surface area contributed by atoms with E-state index in [1.165, 1.54) is 19.1 Å². The number of hydrogen-bond donors (Lipinski definition) is 2. The number of nitrogens with one attached hydrogen (secondary N) is 2. The van der Waals surface area contributed by atoms with Gasteiger partial charge in [-0.2, -0.15) is 10.2 Å². The van der Waals surface area contributed by atoms with Crippen molar-refractivity contribution in [3.63, 3.8) is 0 Å². The topological polar surface area (TPSA) is 96.4 Å². The molecule has 8 heteroatoms. The molecule has 2 N–H and O–H groups in total. The molecule has 0 saturated heterocycles. The largest absolute Gasteiger partial charge is 0.427 e. The first-order valence-electron chi connectivity index (χ1n) is 8.37. The average molecular weight is 380 g/mol. The summed E-state index contributed by atoms with van der Waals surface area (Å²) < 4.78 is 18.0. The van der Waals surface area contributed by atoms with E-state index in [1.54, 1.807) is 49.4 Å². The first-order chi connectivity index (χ1) is 13.4. The van der Waals surface area contributed by atoms with Crippen LogP contribution in [0.15, 0.2) is 59.7 Å². The van der Waals surface area contributed by atoms with Crippen LogP contribution in [0.2, 0.25) is 0 Å². The Hall–Kier alpha value is -3.81. The molecule has 0 spiro atoms. The molecule has 0 aliphatic carbocycles. The van der Waals surface area contributed by atoms with Gasteiger partial charge in [0, 0.05) is 12.5 Å². The van der Waals surface area contributed by atoms with Gasteiger partial charge in [0.05, 0.1) is 11.4 Å². The minimum Gasteiger partial charge on any atom is -0.427 e. The third-order valence-electron chi connectivity index (χ3n) is 3.82. The molecule has 3 rings (SSSR count). The highest BCUT2D eigenvalue weighted by molar-refractivity contribution is 6.00. The summed E-state index contributed by atoms with van der Waals surface area (Å²) in [6.07, 6.45) is 0. The van der Waals surface area contributed by atoms with E-state index in [0.29, 0.717) is 22.7 Å². The predicted molar refractivity (Wildman–Crippen MR) is 101 cm³/mol. The number of hydrazone groups is 1. The highest BCUT2D eigenvalue weighted by Gasteiger charge is 2.11. The molecular weight excluding hydrogens is 363 g/mol. The number of hydrogen-bond acceptors (Lipinski definition) is 5. The Balaban J connectivity index is 1.66. The van der Waals surface area contributed by atoms with Crippen molar-refractivity contribution in [2.24, 2.45) is 5.10 Å². The van der Waals surface area contributed by atoms with Crippen molar-refractivity contribution >= 4 is 17.6 Å². The van der Waals surface area contributed by atoms with Crippen LogP contribution in [-0.4, -0.2) is 27.8 Å². The van der Waals surface area contributed by atoms with Crippen molar-refractivity contribution in [1.82, 2.24) is 15.6 Å². The first-order valence-corrected chi connectivity index (χ1v) is 8.37. The molecule has 28 heavy (non-hydrogen) atoms. The van der Waals surface area contributed by atoms with Crippen LogP contribution in [0.1, 0.15) is 29.9 Å². The number of nitrogens with zero attached hydrogens (tertiary/aromatic N) is 2. The van der Waals surface area contributed by atoms with Gasteiger partial charge in [-0.3, -0.25) is 14.7 Å². The van der Waals surface area contributed by atoms with Gasteiger partial charge in [-0.05, 0) is 67.1 Å². The number of aromatic nitrogens is 2. The molecule has 0 unspecified atom stereocenters. The van der Waals surface area contributed by atoms with E-state index >= 15 is 0 Å². The van der Waals surface area contributed by atoms with E-state index in [9.17, 15) is 14.0 Å². The third kappa shape index (κ3) is 4.67. The summed E-state index contributed by atoms with van der Waals surface area (Å²) in [6, 6.07) is 14.1. The smallest absolute Gasteiger partial charge is 0.308 e. The van der Waals surface area contributed by atoms with E-state index in [2.05, 4.69) is 20.7 Å². The van der Waals surface area contributed by atoms with Crippen molar-refractivity contribution in [3.05, 3.63) is 71.7 Å². The second kappa shape index (κ2) is 8.26. The number of carbonyl (C=O) groups excluding carboxylic acids is 2. The zero-order chi connectivity index (χ0) is 20.1. The van der Waals surface area contributed by atoms with Crippen molar-refractivity contribution in [1.29, 1.82) is 0 Å². The highest BCUT2D eigenvalue weighted by atomic mass is 19.1. The molecule has 1 heterocycles. The molecule has 0 fully saturated rings. The lowest BCUT2D eigenvalue weighted by atomic mass is 10.1. The lowest BCUT2D eigenvalue weighted by molar-refractivity contribution is -0.131. The quantitative estimate of drug-likeness (QED) is 0.307. The summed E-state index contributed by atoms with van der Waals surface area (Å²) in [5.41, 5.74) is 5.21. The van der Waals surface area contributed by atoms with Gasteiger partial charge >= 0.3 is 5.97 Å². The monoisotopic (exact) mass is 380 g/mol. The fourth-order valence-corrected chi connectivity index (χ4v) is 2.40. The van der Waals surface area contributed by atoms with Crippen LogP contribution in [0, 0.1) is 5.82 Å². The molecule has 3 aromatic rings. The summed E-state index contributed by atoms with van der Waals surface area (Å²) in [7, 11) is 0. The zero-order valence-corrected chi connectivity index (χ0v) is 15.2. The Morgan fingerprint density at radius 3 is 2.39 bits per heavy atom. The Bertz CT molecular complexity index is 1020. The molecule has 2 aromatic carbocycles. The Labute approximate surface area is 160 Å². The number of halogens is 1. The second-order valence-corrected chi connectivity index (χ2v) is 5.93. The molecular formula is C20H17FN4O3. The number of H-pyrrole nitrogens is 1. The summed E-state index contributed by atoms with van der Waals surface area (Å²) in [6.45, 7) is 3.06. The van der Waals surface area contributed by atoms with Crippen LogP contribution < -0.4 is 10.2 Å². The predicted octanol–water partition coefficient (Wildman–Crippen LogP) is 3.30. The Morgan fingerprint density at radius 1 is 1.07 bits per heavy atom. The van der Waals surface area contributed by atoms with Gasteiger partial charge in [0.2, 0.25) is 0 Å². The first kappa shape index (κ1) is 19.0. The number of carbonyl (C=O) groups is 2. The van der Waals surface area contributed by atoms with Crippen molar-refractivity contribution < 1.29 is 18.7 Å². The lowest BCUT2D eigenvalue weighted by Gasteiger charge is -2.04. The van der Waals surface area contributed by atoms with Crippen LogP contribution in [-0.2, 0) is 4.79 Å². The van der Waals surface area contributed by atoms with E-state index in [4.69, 9.17) is 4.74 Å². The van der Waals surface area contributed by atoms with E-state index in [0.717, 1.165) is 5.56 Å². The van der Waals surface area contributed by atoms with Crippen LogP contribution in [0.5, 0.6) is 5.75 Å². The molecule has 1 aromatic heterocycles. The van der Waals surface area contributed by atoms with Crippen LogP contribution >= 0.6 is 0 Å². The number of aromatic amines is 1. The maximum absolute atomic E-state index is 13.0. The number of rotatable bonds is 5. The number of amides is 1. The van der Waals surface area contributed by atoms with Crippen molar-refractivity contribution in [2.75, 3.05) is 0 Å². The van der Waals surface area contributed by atoms with Crippen LogP contribution in [0.4, 0.5) is 4.39 Å². The van der Waals surface area contributed by atoms with Gasteiger partial charge in [0.25, 0.3) is 5.91 Å². The zero-order valence-electron chi connectivity index (χ0n) is 15.2. The second-order valence-electron chi connectivity index (χ2n) is 5.93. The highest BCUT2D eigenvalue weighted by Crippen LogP contribution is 2.18. The van der Waals surface area contributed by atoms with Gasteiger partial charge in [0.15, 0.2) is 0 Å². The van der Waals surface area contributed by atoms with Crippen molar-refractivity contribution in [3.8, 4) is 17.0 Å². The molecule has 0 aliphatic rings. The number of esters is 1.